The Morgan fingerprint density at radius 3 is 2.70 bits per heavy atom. The van der Waals surface area contributed by atoms with Crippen molar-refractivity contribution in [2.45, 2.75) is 25.4 Å². The fraction of sp³-hybridized carbons (Fsp3) is 0.400. The summed E-state index contributed by atoms with van der Waals surface area (Å²) in [6, 6.07) is 16.8. The SMILES string of the molecule is NC1c2cccc(-c3ccccc3)c2OCC2CCCN1CC2. The first-order valence-electron chi connectivity index (χ1n) is 8.63. The van der Waals surface area contributed by atoms with Crippen molar-refractivity contribution in [3.8, 4) is 16.9 Å². The Morgan fingerprint density at radius 1 is 0.957 bits per heavy atom. The van der Waals surface area contributed by atoms with Gasteiger partial charge in [0, 0.05) is 17.7 Å². The zero-order chi connectivity index (χ0) is 15.6. The second-order valence-corrected chi connectivity index (χ2v) is 6.68. The summed E-state index contributed by atoms with van der Waals surface area (Å²) in [5.74, 6) is 1.62. The van der Waals surface area contributed by atoms with Gasteiger partial charge >= 0.3 is 0 Å². The quantitative estimate of drug-likeness (QED) is 0.870. The molecule has 3 nitrogen and oxygen atoms in total. The van der Waals surface area contributed by atoms with E-state index in [9.17, 15) is 0 Å². The summed E-state index contributed by atoms with van der Waals surface area (Å²) in [5, 5.41) is 0. The monoisotopic (exact) mass is 308 g/mol. The van der Waals surface area contributed by atoms with E-state index in [4.69, 9.17) is 10.5 Å². The molecule has 0 amide bonds. The lowest BCUT2D eigenvalue weighted by atomic mass is 9.99. The second-order valence-electron chi connectivity index (χ2n) is 6.68. The van der Waals surface area contributed by atoms with Gasteiger partial charge in [0.25, 0.3) is 0 Å². The van der Waals surface area contributed by atoms with Gasteiger partial charge in [-0.3, -0.25) is 4.90 Å². The molecule has 3 atom stereocenters. The zero-order valence-electron chi connectivity index (χ0n) is 13.4. The third kappa shape index (κ3) is 2.87. The van der Waals surface area contributed by atoms with Crippen LogP contribution in [-0.2, 0) is 0 Å². The molecule has 0 aliphatic carbocycles. The lowest BCUT2D eigenvalue weighted by Crippen LogP contribution is -2.35. The molecule has 0 radical (unpaired) electrons. The first-order chi connectivity index (χ1) is 11.3. The van der Waals surface area contributed by atoms with Crippen molar-refractivity contribution in [1.82, 2.24) is 4.90 Å². The average molecular weight is 308 g/mol. The van der Waals surface area contributed by atoms with Gasteiger partial charge in [0.2, 0.25) is 0 Å². The molecule has 3 heteroatoms. The minimum absolute atomic E-state index is 0.0782. The van der Waals surface area contributed by atoms with E-state index in [2.05, 4.69) is 47.4 Å². The predicted molar refractivity (Wildman–Crippen MR) is 93.2 cm³/mol. The molecule has 2 aliphatic rings. The van der Waals surface area contributed by atoms with Crippen LogP contribution in [0.25, 0.3) is 11.1 Å². The molecule has 1 saturated heterocycles. The van der Waals surface area contributed by atoms with Crippen molar-refractivity contribution in [2.75, 3.05) is 19.7 Å². The van der Waals surface area contributed by atoms with Crippen molar-refractivity contribution < 1.29 is 4.74 Å². The van der Waals surface area contributed by atoms with E-state index >= 15 is 0 Å². The molecule has 23 heavy (non-hydrogen) atoms. The maximum atomic E-state index is 6.63. The van der Waals surface area contributed by atoms with Crippen molar-refractivity contribution in [1.29, 1.82) is 0 Å². The molecular weight excluding hydrogens is 284 g/mol. The van der Waals surface area contributed by atoms with Crippen LogP contribution in [0.15, 0.2) is 48.5 Å². The molecule has 2 aromatic carbocycles. The van der Waals surface area contributed by atoms with E-state index in [0.717, 1.165) is 36.6 Å². The summed E-state index contributed by atoms with van der Waals surface area (Å²) >= 11 is 0. The number of rotatable bonds is 1. The number of fused-ring (bicyclic) bond motifs is 4. The van der Waals surface area contributed by atoms with Gasteiger partial charge in [0.05, 0.1) is 12.8 Å². The Bertz CT molecular complexity index is 671. The summed E-state index contributed by atoms with van der Waals surface area (Å²) in [4.78, 5) is 2.42. The van der Waals surface area contributed by atoms with Gasteiger partial charge in [-0.1, -0.05) is 48.5 Å². The Morgan fingerprint density at radius 2 is 1.83 bits per heavy atom. The number of benzene rings is 2. The first kappa shape index (κ1) is 14.7. The number of hydrogen-bond acceptors (Lipinski definition) is 3. The summed E-state index contributed by atoms with van der Waals surface area (Å²) in [6.07, 6.45) is 3.56. The van der Waals surface area contributed by atoms with Crippen LogP contribution in [0.5, 0.6) is 5.75 Å². The van der Waals surface area contributed by atoms with Crippen molar-refractivity contribution >= 4 is 0 Å². The number of nitrogens with two attached hydrogens (primary N) is 1. The van der Waals surface area contributed by atoms with E-state index in [-0.39, 0.29) is 6.17 Å². The van der Waals surface area contributed by atoms with Crippen LogP contribution in [0.2, 0.25) is 0 Å². The van der Waals surface area contributed by atoms with Gasteiger partial charge in [0.1, 0.15) is 5.75 Å². The van der Waals surface area contributed by atoms with E-state index in [1.54, 1.807) is 0 Å². The highest BCUT2D eigenvalue weighted by Gasteiger charge is 2.28. The number of hydrogen-bond donors (Lipinski definition) is 1. The summed E-state index contributed by atoms with van der Waals surface area (Å²) < 4.78 is 6.34. The molecule has 1 fully saturated rings. The summed E-state index contributed by atoms with van der Waals surface area (Å²) in [7, 11) is 0. The van der Waals surface area contributed by atoms with Crippen LogP contribution < -0.4 is 10.5 Å². The van der Waals surface area contributed by atoms with Crippen LogP contribution in [0, 0.1) is 5.92 Å². The fourth-order valence-corrected chi connectivity index (χ4v) is 3.82. The molecule has 2 aromatic rings. The average Bonchev–Trinajstić information content (AvgIpc) is 2.82. The van der Waals surface area contributed by atoms with Gasteiger partial charge in [-0.25, -0.2) is 0 Å². The first-order valence-corrected chi connectivity index (χ1v) is 8.63. The molecule has 2 heterocycles. The topological polar surface area (TPSA) is 38.5 Å². The van der Waals surface area contributed by atoms with Crippen LogP contribution in [0.4, 0.5) is 0 Å². The normalized spacial score (nSPS) is 27.1. The molecule has 2 N–H and O–H groups in total. The molecule has 4 rings (SSSR count). The van der Waals surface area contributed by atoms with E-state index in [1.165, 1.54) is 24.8 Å². The third-order valence-electron chi connectivity index (χ3n) is 5.19. The molecule has 0 aromatic heterocycles. The summed E-state index contributed by atoms with van der Waals surface area (Å²) in [6.45, 7) is 2.97. The van der Waals surface area contributed by atoms with Gasteiger partial charge in [-0.15, -0.1) is 0 Å². The Hall–Kier alpha value is -1.84. The molecule has 2 bridgehead atoms. The molecule has 3 unspecified atom stereocenters. The van der Waals surface area contributed by atoms with Crippen LogP contribution in [0.1, 0.15) is 31.0 Å². The van der Waals surface area contributed by atoms with Crippen LogP contribution in [0.3, 0.4) is 0 Å². The maximum Gasteiger partial charge on any atom is 0.133 e. The van der Waals surface area contributed by atoms with Crippen molar-refractivity contribution in [3.05, 3.63) is 54.1 Å². The highest BCUT2D eigenvalue weighted by molar-refractivity contribution is 5.72. The van der Waals surface area contributed by atoms with E-state index in [0.29, 0.717) is 5.92 Å². The molecule has 120 valence electrons. The minimum Gasteiger partial charge on any atom is -0.492 e. The highest BCUT2D eigenvalue weighted by Crippen LogP contribution is 2.39. The maximum absolute atomic E-state index is 6.63. The highest BCUT2D eigenvalue weighted by atomic mass is 16.5. The minimum atomic E-state index is -0.0782. The lowest BCUT2D eigenvalue weighted by Gasteiger charge is -2.29. The molecule has 0 saturated carbocycles. The standard InChI is InChI=1S/C20H24N2O/c21-20-18-10-4-9-17(16-7-2-1-3-8-16)19(18)23-14-15-6-5-12-22(20)13-11-15/h1-4,7-10,15,20H,5-6,11-14,21H2. The van der Waals surface area contributed by atoms with Crippen molar-refractivity contribution in [2.24, 2.45) is 11.7 Å². The molecular formula is C20H24N2O. The lowest BCUT2D eigenvalue weighted by molar-refractivity contribution is 0.208. The number of nitrogens with zero attached hydrogens (tertiary/aromatic N) is 1. The summed E-state index contributed by atoms with van der Waals surface area (Å²) in [5.41, 5.74) is 10.1. The van der Waals surface area contributed by atoms with Crippen LogP contribution >= 0.6 is 0 Å². The van der Waals surface area contributed by atoms with E-state index in [1.807, 2.05) is 6.07 Å². The number of para-hydroxylation sites is 1. The predicted octanol–water partition coefficient (Wildman–Crippen LogP) is 3.81. The smallest absolute Gasteiger partial charge is 0.133 e. The fourth-order valence-electron chi connectivity index (χ4n) is 3.82. The van der Waals surface area contributed by atoms with Gasteiger partial charge in [-0.2, -0.15) is 0 Å². The van der Waals surface area contributed by atoms with Crippen LogP contribution in [-0.4, -0.2) is 24.6 Å². The largest absolute Gasteiger partial charge is 0.492 e. The second kappa shape index (κ2) is 6.34. The number of ether oxygens (including phenoxy) is 1. The van der Waals surface area contributed by atoms with E-state index < -0.39 is 0 Å². The molecule has 0 spiro atoms. The molecule has 2 aliphatic heterocycles. The van der Waals surface area contributed by atoms with Gasteiger partial charge in [-0.05, 0) is 37.3 Å². The van der Waals surface area contributed by atoms with Gasteiger partial charge < -0.3 is 10.5 Å². The van der Waals surface area contributed by atoms with Crippen molar-refractivity contribution in [3.63, 3.8) is 0 Å². The Kier molecular flexibility index (Phi) is 4.06. The Labute approximate surface area is 138 Å². The zero-order valence-corrected chi connectivity index (χ0v) is 13.4. The van der Waals surface area contributed by atoms with Gasteiger partial charge in [0.15, 0.2) is 0 Å². The Balaban J connectivity index is 1.82. The third-order valence-corrected chi connectivity index (χ3v) is 5.19.